The van der Waals surface area contributed by atoms with Crippen LogP contribution in [0.1, 0.15) is 22.9 Å². The van der Waals surface area contributed by atoms with E-state index in [2.05, 4.69) is 10.1 Å². The molecule has 7 nitrogen and oxygen atoms in total. The van der Waals surface area contributed by atoms with Gasteiger partial charge in [-0.25, -0.2) is 9.99 Å². The van der Waals surface area contributed by atoms with Gasteiger partial charge in [-0.15, -0.1) is 23.2 Å². The Kier molecular flexibility index (Phi) is 6.34. The summed E-state index contributed by atoms with van der Waals surface area (Å²) in [5, 5.41) is 6.95. The number of benzene rings is 1. The van der Waals surface area contributed by atoms with Crippen molar-refractivity contribution in [1.82, 2.24) is 9.99 Å². The van der Waals surface area contributed by atoms with Crippen LogP contribution in [0.15, 0.2) is 23.3 Å². The smallest absolute Gasteiger partial charge is 0.231 e. The van der Waals surface area contributed by atoms with Crippen molar-refractivity contribution in [2.24, 2.45) is 5.10 Å². The van der Waals surface area contributed by atoms with E-state index in [0.717, 1.165) is 21.3 Å². The van der Waals surface area contributed by atoms with Gasteiger partial charge in [0.2, 0.25) is 13.2 Å². The summed E-state index contributed by atoms with van der Waals surface area (Å²) in [5.74, 6) is 2.27. The lowest BCUT2D eigenvalue weighted by molar-refractivity contribution is -0.119. The number of anilines is 1. The van der Waals surface area contributed by atoms with Gasteiger partial charge in [0.05, 0.1) is 16.6 Å². The molecule has 1 aromatic carbocycles. The Hall–Kier alpha value is -1.74. The van der Waals surface area contributed by atoms with E-state index in [4.69, 9.17) is 44.3 Å². The van der Waals surface area contributed by atoms with E-state index in [1.54, 1.807) is 0 Å². The summed E-state index contributed by atoms with van der Waals surface area (Å²) in [6.07, 6.45) is 1.22. The minimum absolute atomic E-state index is 0.203. The molecule has 0 bridgehead atoms. The zero-order chi connectivity index (χ0) is 20.4. The van der Waals surface area contributed by atoms with Crippen molar-refractivity contribution < 1.29 is 14.3 Å². The number of halogens is 3. The normalized spacial score (nSPS) is 17.6. The van der Waals surface area contributed by atoms with Crippen LogP contribution < -0.4 is 14.4 Å². The van der Waals surface area contributed by atoms with Crippen molar-refractivity contribution in [1.29, 1.82) is 0 Å². The number of fused-ring (bicyclic) bond motifs is 1. The first-order valence-electron chi connectivity index (χ1n) is 8.88. The Labute approximate surface area is 186 Å². The lowest BCUT2D eigenvalue weighted by atomic mass is 10.0. The molecule has 1 unspecified atom stereocenters. The average molecular weight is 476 g/mol. The predicted octanol–water partition coefficient (Wildman–Crippen LogP) is 4.12. The van der Waals surface area contributed by atoms with Crippen LogP contribution in [0.4, 0.5) is 5.13 Å². The molecule has 2 aliphatic rings. The highest BCUT2D eigenvalue weighted by atomic mass is 35.5. The topological polar surface area (TPSA) is 67.3 Å². The van der Waals surface area contributed by atoms with Gasteiger partial charge in [0.1, 0.15) is 5.15 Å². The van der Waals surface area contributed by atoms with Gasteiger partial charge in [-0.3, -0.25) is 4.79 Å². The van der Waals surface area contributed by atoms with Crippen LogP contribution in [0.25, 0.3) is 0 Å². The van der Waals surface area contributed by atoms with Gasteiger partial charge in [0, 0.05) is 36.8 Å². The van der Waals surface area contributed by atoms with E-state index >= 15 is 0 Å². The van der Waals surface area contributed by atoms with Crippen LogP contribution in [0, 0.1) is 0 Å². The second-order valence-electron chi connectivity index (χ2n) is 6.34. The monoisotopic (exact) mass is 474 g/mol. The van der Waals surface area contributed by atoms with E-state index in [1.165, 1.54) is 16.3 Å². The Morgan fingerprint density at radius 2 is 2.00 bits per heavy atom. The van der Waals surface area contributed by atoms with Gasteiger partial charge in [-0.05, 0) is 18.2 Å². The molecular weight excluding hydrogens is 459 g/mol. The van der Waals surface area contributed by atoms with Crippen molar-refractivity contribution in [3.05, 3.63) is 33.8 Å². The zero-order valence-corrected chi connectivity index (χ0v) is 18.3. The molecule has 0 saturated heterocycles. The number of amides is 1. The summed E-state index contributed by atoms with van der Waals surface area (Å²) in [7, 11) is 0. The number of rotatable bonds is 8. The molecule has 11 heteroatoms. The second kappa shape index (κ2) is 8.95. The second-order valence-corrected chi connectivity index (χ2v) is 8.46. The molecule has 0 fully saturated rings. The number of nitrogens with zero attached hydrogens (tertiary/aromatic N) is 4. The fraction of sp³-hybridized carbons (Fsp3) is 0.389. The van der Waals surface area contributed by atoms with Crippen LogP contribution >= 0.6 is 46.1 Å². The summed E-state index contributed by atoms with van der Waals surface area (Å²) in [6.45, 7) is 1.42. The number of hydrogen-bond acceptors (Lipinski definition) is 7. The van der Waals surface area contributed by atoms with Crippen LogP contribution in [0.3, 0.4) is 0 Å². The summed E-state index contributed by atoms with van der Waals surface area (Å²) in [5.41, 5.74) is 1.64. The minimum atomic E-state index is -0.319. The summed E-state index contributed by atoms with van der Waals surface area (Å²) >= 11 is 19.7. The van der Waals surface area contributed by atoms with Crippen molar-refractivity contribution in [2.45, 2.75) is 12.5 Å². The standard InChI is InChI=1S/C18H17Cl3N4O3S/c19-3-5-24(6-4-20)18-22-17(21)16(29-18)13-8-12(23-25(13)9-26)11-1-2-14-15(7-11)28-10-27-14/h1-2,7,9,13H,3-6,8,10H2. The molecule has 0 N–H and O–H groups in total. The largest absolute Gasteiger partial charge is 0.454 e. The number of hydrazone groups is 1. The SMILES string of the molecule is O=CN1N=C(c2ccc3c(c2)OCO3)CC1c1sc(N(CCCl)CCCl)nc1Cl. The van der Waals surface area contributed by atoms with Crippen molar-refractivity contribution in [2.75, 3.05) is 36.5 Å². The maximum Gasteiger partial charge on any atom is 0.231 e. The maximum atomic E-state index is 11.7. The van der Waals surface area contributed by atoms with Crippen LogP contribution in [0.5, 0.6) is 11.5 Å². The number of alkyl halides is 2. The van der Waals surface area contributed by atoms with Gasteiger partial charge in [0.25, 0.3) is 0 Å². The first kappa shape index (κ1) is 20.5. The van der Waals surface area contributed by atoms with Crippen molar-refractivity contribution in [3.63, 3.8) is 0 Å². The van der Waals surface area contributed by atoms with Gasteiger partial charge >= 0.3 is 0 Å². The highest BCUT2D eigenvalue weighted by Gasteiger charge is 2.33. The third kappa shape index (κ3) is 4.12. The molecule has 2 aliphatic heterocycles. The van der Waals surface area contributed by atoms with Crippen LogP contribution in [-0.4, -0.2) is 53.8 Å². The molecule has 0 spiro atoms. The molecule has 1 aromatic heterocycles. The van der Waals surface area contributed by atoms with Gasteiger partial charge in [-0.1, -0.05) is 22.9 Å². The van der Waals surface area contributed by atoms with Crippen LogP contribution in [0.2, 0.25) is 5.15 Å². The fourth-order valence-electron chi connectivity index (χ4n) is 3.24. The van der Waals surface area contributed by atoms with Crippen LogP contribution in [-0.2, 0) is 4.79 Å². The molecule has 1 amide bonds. The van der Waals surface area contributed by atoms with Gasteiger partial charge in [0.15, 0.2) is 16.6 Å². The Morgan fingerprint density at radius 3 is 2.72 bits per heavy atom. The molecule has 0 aliphatic carbocycles. The molecule has 3 heterocycles. The van der Waals surface area contributed by atoms with Crippen molar-refractivity contribution in [3.8, 4) is 11.5 Å². The molecule has 4 rings (SSSR count). The highest BCUT2D eigenvalue weighted by Crippen LogP contribution is 2.42. The Morgan fingerprint density at radius 1 is 1.24 bits per heavy atom. The lowest BCUT2D eigenvalue weighted by Crippen LogP contribution is -2.27. The summed E-state index contributed by atoms with van der Waals surface area (Å²) in [4.78, 5) is 18.9. The molecule has 0 saturated carbocycles. The Bertz CT molecular complexity index is 933. The molecule has 0 radical (unpaired) electrons. The number of carbonyl (C=O) groups excluding carboxylic acids is 1. The molecular formula is C18H17Cl3N4O3S. The maximum absolute atomic E-state index is 11.7. The fourth-order valence-corrected chi connectivity index (χ4v) is 5.12. The van der Waals surface area contributed by atoms with E-state index in [-0.39, 0.29) is 12.8 Å². The van der Waals surface area contributed by atoms with E-state index < -0.39 is 0 Å². The highest BCUT2D eigenvalue weighted by molar-refractivity contribution is 7.16. The number of aromatic nitrogens is 1. The third-order valence-corrected chi connectivity index (χ3v) is 6.59. The van der Waals surface area contributed by atoms with Crippen molar-refractivity contribution >= 4 is 63.4 Å². The Balaban J connectivity index is 1.59. The number of hydrogen-bond donors (Lipinski definition) is 0. The minimum Gasteiger partial charge on any atom is -0.454 e. The molecule has 2 aromatic rings. The third-order valence-electron chi connectivity index (χ3n) is 4.64. The predicted molar refractivity (Wildman–Crippen MR) is 115 cm³/mol. The number of carbonyl (C=O) groups is 1. The average Bonchev–Trinajstić information content (AvgIpc) is 3.44. The van der Waals surface area contributed by atoms with Gasteiger partial charge < -0.3 is 14.4 Å². The van der Waals surface area contributed by atoms with Gasteiger partial charge in [-0.2, -0.15) is 5.10 Å². The molecule has 154 valence electrons. The quantitative estimate of drug-likeness (QED) is 0.424. The van der Waals surface area contributed by atoms with E-state index in [9.17, 15) is 4.79 Å². The number of ether oxygens (including phenoxy) is 2. The first-order valence-corrected chi connectivity index (χ1v) is 11.1. The molecule has 1 atom stereocenters. The summed E-state index contributed by atoms with van der Waals surface area (Å²) in [6, 6.07) is 5.29. The first-order chi connectivity index (χ1) is 14.1. The lowest BCUT2D eigenvalue weighted by Gasteiger charge is -2.19. The zero-order valence-electron chi connectivity index (χ0n) is 15.2. The van der Waals surface area contributed by atoms with E-state index in [0.29, 0.717) is 54.3 Å². The summed E-state index contributed by atoms with van der Waals surface area (Å²) < 4.78 is 10.8. The molecule has 29 heavy (non-hydrogen) atoms. The number of thiazole rings is 1. The van der Waals surface area contributed by atoms with E-state index in [1.807, 2.05) is 23.1 Å².